The summed E-state index contributed by atoms with van der Waals surface area (Å²) in [6.07, 6.45) is 1.62. The van der Waals surface area contributed by atoms with Crippen molar-refractivity contribution in [3.8, 4) is 0 Å². The molecule has 0 unspecified atom stereocenters. The Bertz CT molecular complexity index is 925. The van der Waals surface area contributed by atoms with E-state index in [4.69, 9.17) is 4.74 Å². The molecule has 27 heavy (non-hydrogen) atoms. The number of hydrogen-bond donors (Lipinski definition) is 1. The molecule has 0 saturated carbocycles. The van der Waals surface area contributed by atoms with Gasteiger partial charge in [0.05, 0.1) is 23.0 Å². The van der Waals surface area contributed by atoms with E-state index in [0.717, 1.165) is 18.9 Å². The highest BCUT2D eigenvalue weighted by molar-refractivity contribution is 7.89. The monoisotopic (exact) mass is 392 g/mol. The molecule has 2 aromatic rings. The fourth-order valence-corrected chi connectivity index (χ4v) is 4.13. The number of nitrogens with one attached hydrogen (secondary N) is 1. The zero-order valence-corrected chi connectivity index (χ0v) is 15.6. The summed E-state index contributed by atoms with van der Waals surface area (Å²) < 4.78 is 32.9. The first-order valence-corrected chi connectivity index (χ1v) is 9.88. The summed E-state index contributed by atoms with van der Waals surface area (Å²) in [6.45, 7) is 4.32. The van der Waals surface area contributed by atoms with Crippen molar-refractivity contribution >= 4 is 21.5 Å². The molecular weight excluding hydrogens is 372 g/mol. The van der Waals surface area contributed by atoms with E-state index in [1.165, 1.54) is 25.1 Å². The van der Waals surface area contributed by atoms with Crippen LogP contribution in [0.5, 0.6) is 0 Å². The van der Waals surface area contributed by atoms with Crippen molar-refractivity contribution in [2.75, 3.05) is 31.2 Å². The van der Waals surface area contributed by atoms with Crippen molar-refractivity contribution in [1.29, 1.82) is 0 Å². The summed E-state index contributed by atoms with van der Waals surface area (Å²) in [7, 11) is -3.88. The number of anilines is 1. The van der Waals surface area contributed by atoms with Crippen LogP contribution in [0.25, 0.3) is 0 Å². The number of morpholine rings is 1. The molecule has 144 valence electrons. The maximum absolute atomic E-state index is 12.5. The van der Waals surface area contributed by atoms with Gasteiger partial charge in [0.25, 0.3) is 5.69 Å². The highest BCUT2D eigenvalue weighted by Crippen LogP contribution is 2.24. The largest absolute Gasteiger partial charge is 0.378 e. The minimum absolute atomic E-state index is 0.0425. The Morgan fingerprint density at radius 1 is 1.26 bits per heavy atom. The summed E-state index contributed by atoms with van der Waals surface area (Å²) in [5.41, 5.74) is 0.573. The topological polar surface area (TPSA) is 115 Å². The van der Waals surface area contributed by atoms with Crippen LogP contribution in [0.4, 0.5) is 11.5 Å². The number of sulfonamides is 1. The van der Waals surface area contributed by atoms with Gasteiger partial charge in [-0.25, -0.2) is 18.1 Å². The molecule has 0 radical (unpaired) electrons. The van der Waals surface area contributed by atoms with Crippen LogP contribution in [-0.2, 0) is 21.3 Å². The third-order valence-electron chi connectivity index (χ3n) is 4.35. The van der Waals surface area contributed by atoms with Crippen LogP contribution in [0.3, 0.4) is 0 Å². The van der Waals surface area contributed by atoms with Gasteiger partial charge in [0.15, 0.2) is 0 Å². The second-order valence-corrected chi connectivity index (χ2v) is 7.84. The van der Waals surface area contributed by atoms with E-state index in [9.17, 15) is 18.5 Å². The number of rotatable bonds is 6. The molecule has 1 saturated heterocycles. The van der Waals surface area contributed by atoms with E-state index in [-0.39, 0.29) is 22.7 Å². The molecule has 2 heterocycles. The summed E-state index contributed by atoms with van der Waals surface area (Å²) in [6, 6.07) is 7.64. The third-order valence-corrected chi connectivity index (χ3v) is 5.90. The Morgan fingerprint density at radius 3 is 2.63 bits per heavy atom. The zero-order valence-electron chi connectivity index (χ0n) is 14.8. The first kappa shape index (κ1) is 19.2. The Balaban J connectivity index is 1.70. The van der Waals surface area contributed by atoms with Gasteiger partial charge in [0, 0.05) is 37.5 Å². The maximum Gasteiger partial charge on any atom is 0.273 e. The lowest BCUT2D eigenvalue weighted by atomic mass is 10.2. The van der Waals surface area contributed by atoms with E-state index < -0.39 is 14.9 Å². The number of nitro groups is 1. The van der Waals surface area contributed by atoms with E-state index in [2.05, 4.69) is 14.6 Å². The van der Waals surface area contributed by atoms with Gasteiger partial charge in [0.2, 0.25) is 10.0 Å². The number of ether oxygens (including phenoxy) is 1. The van der Waals surface area contributed by atoms with Crippen LogP contribution in [0.2, 0.25) is 0 Å². The van der Waals surface area contributed by atoms with E-state index in [1.54, 1.807) is 12.3 Å². The minimum atomic E-state index is -3.88. The molecule has 0 bridgehead atoms. The normalized spacial score (nSPS) is 14.9. The first-order valence-electron chi connectivity index (χ1n) is 8.40. The Hall–Kier alpha value is -2.56. The van der Waals surface area contributed by atoms with E-state index in [0.29, 0.717) is 18.8 Å². The van der Waals surface area contributed by atoms with Crippen molar-refractivity contribution in [1.82, 2.24) is 9.71 Å². The predicted octanol–water partition coefficient (Wildman–Crippen LogP) is 1.61. The molecular formula is C17H20N4O5S. The Morgan fingerprint density at radius 2 is 2.00 bits per heavy atom. The number of pyridine rings is 1. The smallest absolute Gasteiger partial charge is 0.273 e. The fraction of sp³-hybridized carbons (Fsp3) is 0.353. The molecule has 1 N–H and O–H groups in total. The standard InChI is InChI=1S/C17H20N4O5S/c1-13-15(21(22)23)3-2-4-16(13)27(24,25)19-12-14-5-6-17(18-11-14)20-7-9-26-10-8-20/h2-6,11,19H,7-10,12H2,1H3. The molecule has 0 atom stereocenters. The summed E-state index contributed by atoms with van der Waals surface area (Å²) in [4.78, 5) is 16.8. The Kier molecular flexibility index (Phi) is 5.68. The lowest BCUT2D eigenvalue weighted by molar-refractivity contribution is -0.385. The molecule has 1 aromatic heterocycles. The van der Waals surface area contributed by atoms with Gasteiger partial charge in [-0.2, -0.15) is 0 Å². The van der Waals surface area contributed by atoms with Gasteiger partial charge < -0.3 is 9.64 Å². The van der Waals surface area contributed by atoms with Gasteiger partial charge in [-0.05, 0) is 24.6 Å². The van der Waals surface area contributed by atoms with Gasteiger partial charge >= 0.3 is 0 Å². The minimum Gasteiger partial charge on any atom is -0.378 e. The number of nitro benzene ring substituents is 1. The Labute approximate surface area is 157 Å². The van der Waals surface area contributed by atoms with Crippen molar-refractivity contribution < 1.29 is 18.1 Å². The molecule has 3 rings (SSSR count). The maximum atomic E-state index is 12.5. The molecule has 0 aliphatic carbocycles. The molecule has 10 heteroatoms. The average Bonchev–Trinajstić information content (AvgIpc) is 2.67. The van der Waals surface area contributed by atoms with Crippen LogP contribution in [0.15, 0.2) is 41.4 Å². The van der Waals surface area contributed by atoms with E-state index >= 15 is 0 Å². The highest BCUT2D eigenvalue weighted by atomic mass is 32.2. The quantitative estimate of drug-likeness (QED) is 0.587. The summed E-state index contributed by atoms with van der Waals surface area (Å²) >= 11 is 0. The van der Waals surface area contributed by atoms with Gasteiger partial charge in [-0.15, -0.1) is 0 Å². The van der Waals surface area contributed by atoms with Crippen molar-refractivity contribution in [2.45, 2.75) is 18.4 Å². The molecule has 0 spiro atoms. The molecule has 1 aromatic carbocycles. The predicted molar refractivity (Wildman–Crippen MR) is 99.1 cm³/mol. The van der Waals surface area contributed by atoms with Crippen LogP contribution >= 0.6 is 0 Å². The van der Waals surface area contributed by atoms with Crippen LogP contribution < -0.4 is 9.62 Å². The molecule has 0 amide bonds. The van der Waals surface area contributed by atoms with Crippen LogP contribution in [-0.4, -0.2) is 44.6 Å². The lowest BCUT2D eigenvalue weighted by Crippen LogP contribution is -2.36. The first-order chi connectivity index (χ1) is 12.9. The van der Waals surface area contributed by atoms with Crippen LogP contribution in [0, 0.1) is 17.0 Å². The van der Waals surface area contributed by atoms with Gasteiger partial charge in [0.1, 0.15) is 5.82 Å². The summed E-state index contributed by atoms with van der Waals surface area (Å²) in [5, 5.41) is 11.0. The van der Waals surface area contributed by atoms with Gasteiger partial charge in [-0.3, -0.25) is 10.1 Å². The summed E-state index contributed by atoms with van der Waals surface area (Å²) in [5.74, 6) is 0.819. The number of aromatic nitrogens is 1. The molecule has 1 fully saturated rings. The number of hydrogen-bond acceptors (Lipinski definition) is 7. The van der Waals surface area contributed by atoms with Crippen molar-refractivity contribution in [3.05, 3.63) is 57.8 Å². The molecule has 1 aliphatic heterocycles. The molecule has 9 nitrogen and oxygen atoms in total. The van der Waals surface area contributed by atoms with E-state index in [1.807, 2.05) is 6.07 Å². The second kappa shape index (κ2) is 7.99. The van der Waals surface area contributed by atoms with Crippen LogP contribution in [0.1, 0.15) is 11.1 Å². The SMILES string of the molecule is Cc1c([N+](=O)[O-])cccc1S(=O)(=O)NCc1ccc(N2CCOCC2)nc1. The van der Waals surface area contributed by atoms with Crippen molar-refractivity contribution in [3.63, 3.8) is 0 Å². The number of benzene rings is 1. The third kappa shape index (κ3) is 4.41. The number of nitrogens with zero attached hydrogens (tertiary/aromatic N) is 3. The lowest BCUT2D eigenvalue weighted by Gasteiger charge is -2.27. The zero-order chi connectivity index (χ0) is 19.4. The highest BCUT2D eigenvalue weighted by Gasteiger charge is 2.22. The van der Waals surface area contributed by atoms with Gasteiger partial charge in [-0.1, -0.05) is 12.1 Å². The second-order valence-electron chi connectivity index (χ2n) is 6.11. The van der Waals surface area contributed by atoms with Crippen molar-refractivity contribution in [2.24, 2.45) is 0 Å². The fourth-order valence-electron chi connectivity index (χ4n) is 2.85. The average molecular weight is 392 g/mol. The molecule has 1 aliphatic rings.